The van der Waals surface area contributed by atoms with Gasteiger partial charge in [-0.05, 0) is 55.6 Å². The van der Waals surface area contributed by atoms with E-state index in [0.29, 0.717) is 19.1 Å². The standard InChI is InChI=1S/C23H38O5Si/c1-8-26-22(24)21(25-5)15-17-9-11-18(12-10-17)27-19-13-14-20(16-19)28-29(6,7)23(2,3)4/h9-12,19-21H,8,13-16H2,1-7H3/t19-,20+,21+/m1/s1. The Hall–Kier alpha value is -1.37. The number of carbonyl (C=O) groups excluding carboxylic acids is 1. The summed E-state index contributed by atoms with van der Waals surface area (Å²) in [5, 5.41) is 0.228. The van der Waals surface area contributed by atoms with E-state index in [9.17, 15) is 4.79 Å². The molecule has 0 unspecified atom stereocenters. The van der Waals surface area contributed by atoms with E-state index in [2.05, 4.69) is 33.9 Å². The number of benzene rings is 1. The Morgan fingerprint density at radius 3 is 2.31 bits per heavy atom. The van der Waals surface area contributed by atoms with Gasteiger partial charge in [0.1, 0.15) is 11.9 Å². The Morgan fingerprint density at radius 1 is 1.14 bits per heavy atom. The second-order valence-electron chi connectivity index (χ2n) is 9.38. The number of carbonyl (C=O) groups is 1. The molecule has 1 aliphatic rings. The second kappa shape index (κ2) is 10.1. The summed E-state index contributed by atoms with van der Waals surface area (Å²) >= 11 is 0. The molecular formula is C23H38O5Si. The van der Waals surface area contributed by atoms with Crippen LogP contribution in [0.15, 0.2) is 24.3 Å². The highest BCUT2D eigenvalue weighted by Gasteiger charge is 2.41. The monoisotopic (exact) mass is 422 g/mol. The first-order valence-corrected chi connectivity index (χ1v) is 13.6. The molecule has 1 aliphatic carbocycles. The first-order valence-electron chi connectivity index (χ1n) is 10.7. The van der Waals surface area contributed by atoms with Gasteiger partial charge in [0, 0.05) is 26.1 Å². The third-order valence-corrected chi connectivity index (χ3v) is 10.6. The SMILES string of the molecule is CCOC(=O)[C@H](Cc1ccc(O[C@@H]2CC[C@H](O[Si](C)(C)C(C)(C)C)C2)cc1)OC. The maximum atomic E-state index is 11.9. The van der Waals surface area contributed by atoms with Gasteiger partial charge in [0.2, 0.25) is 0 Å². The van der Waals surface area contributed by atoms with E-state index in [1.54, 1.807) is 6.92 Å². The molecule has 3 atom stereocenters. The maximum Gasteiger partial charge on any atom is 0.335 e. The molecular weight excluding hydrogens is 384 g/mol. The number of hydrogen-bond donors (Lipinski definition) is 0. The average molecular weight is 423 g/mol. The first-order chi connectivity index (χ1) is 13.6. The molecule has 1 saturated carbocycles. The van der Waals surface area contributed by atoms with E-state index in [1.807, 2.05) is 24.3 Å². The topological polar surface area (TPSA) is 54.0 Å². The Morgan fingerprint density at radius 2 is 1.76 bits per heavy atom. The zero-order valence-corrected chi connectivity index (χ0v) is 20.1. The largest absolute Gasteiger partial charge is 0.490 e. The molecule has 0 bridgehead atoms. The maximum absolute atomic E-state index is 11.9. The van der Waals surface area contributed by atoms with Gasteiger partial charge in [-0.3, -0.25) is 0 Å². The highest BCUT2D eigenvalue weighted by molar-refractivity contribution is 6.74. The third kappa shape index (κ3) is 6.83. The van der Waals surface area contributed by atoms with E-state index >= 15 is 0 Å². The molecule has 6 heteroatoms. The van der Waals surface area contributed by atoms with Gasteiger partial charge < -0.3 is 18.6 Å². The number of rotatable bonds is 9. The highest BCUT2D eigenvalue weighted by atomic mass is 28.4. The van der Waals surface area contributed by atoms with Crippen molar-refractivity contribution in [1.29, 1.82) is 0 Å². The van der Waals surface area contributed by atoms with Gasteiger partial charge in [-0.1, -0.05) is 32.9 Å². The predicted octanol–water partition coefficient (Wildman–Crippen LogP) is 5.13. The summed E-state index contributed by atoms with van der Waals surface area (Å²) in [5.74, 6) is 0.533. The molecule has 0 heterocycles. The summed E-state index contributed by atoms with van der Waals surface area (Å²) in [4.78, 5) is 11.9. The van der Waals surface area contributed by atoms with Crippen LogP contribution in [-0.2, 0) is 25.1 Å². The Bertz CT molecular complexity index is 650. The van der Waals surface area contributed by atoms with E-state index < -0.39 is 14.4 Å². The van der Waals surface area contributed by atoms with Crippen molar-refractivity contribution in [1.82, 2.24) is 0 Å². The molecule has 2 rings (SSSR count). The molecule has 0 radical (unpaired) electrons. The number of methoxy groups -OCH3 is 1. The van der Waals surface area contributed by atoms with Crippen molar-refractivity contribution < 1.29 is 23.4 Å². The third-order valence-electron chi connectivity index (χ3n) is 6.09. The van der Waals surface area contributed by atoms with Crippen molar-refractivity contribution in [2.24, 2.45) is 0 Å². The zero-order valence-electron chi connectivity index (χ0n) is 19.1. The van der Waals surface area contributed by atoms with Gasteiger partial charge in [0.15, 0.2) is 14.4 Å². The van der Waals surface area contributed by atoms with Gasteiger partial charge in [-0.15, -0.1) is 0 Å². The summed E-state index contributed by atoms with van der Waals surface area (Å²) in [6, 6.07) is 7.91. The minimum atomic E-state index is -1.74. The van der Waals surface area contributed by atoms with Gasteiger partial charge in [0.25, 0.3) is 0 Å². The normalized spacial score (nSPS) is 21.1. The summed E-state index contributed by atoms with van der Waals surface area (Å²) < 4.78 is 23.1. The summed E-state index contributed by atoms with van der Waals surface area (Å²) in [7, 11) is -0.210. The molecule has 0 aliphatic heterocycles. The number of ether oxygens (including phenoxy) is 3. The lowest BCUT2D eigenvalue weighted by atomic mass is 10.1. The van der Waals surface area contributed by atoms with Crippen LogP contribution in [0.2, 0.25) is 18.1 Å². The second-order valence-corrected chi connectivity index (χ2v) is 14.1. The molecule has 1 aromatic rings. The van der Waals surface area contributed by atoms with Gasteiger partial charge >= 0.3 is 5.97 Å². The van der Waals surface area contributed by atoms with Crippen molar-refractivity contribution in [2.75, 3.05) is 13.7 Å². The molecule has 0 amide bonds. The van der Waals surface area contributed by atoms with Crippen LogP contribution in [0.4, 0.5) is 0 Å². The van der Waals surface area contributed by atoms with Gasteiger partial charge in [-0.25, -0.2) is 4.79 Å². The van der Waals surface area contributed by atoms with Crippen LogP contribution in [0.3, 0.4) is 0 Å². The van der Waals surface area contributed by atoms with Gasteiger partial charge in [0.05, 0.1) is 6.61 Å². The molecule has 0 aromatic heterocycles. The molecule has 1 aromatic carbocycles. The fourth-order valence-electron chi connectivity index (χ4n) is 3.32. The van der Waals surface area contributed by atoms with Crippen LogP contribution in [0.1, 0.15) is 52.5 Å². The van der Waals surface area contributed by atoms with Crippen LogP contribution >= 0.6 is 0 Å². The fraction of sp³-hybridized carbons (Fsp3) is 0.696. The highest BCUT2D eigenvalue weighted by Crippen LogP contribution is 2.39. The summed E-state index contributed by atoms with van der Waals surface area (Å²) in [6.07, 6.45) is 3.43. The number of hydrogen-bond acceptors (Lipinski definition) is 5. The molecule has 0 N–H and O–H groups in total. The van der Waals surface area contributed by atoms with E-state index in [1.165, 1.54) is 7.11 Å². The van der Waals surface area contributed by atoms with Crippen molar-refractivity contribution >= 4 is 14.3 Å². The van der Waals surface area contributed by atoms with Gasteiger partial charge in [-0.2, -0.15) is 0 Å². The zero-order chi connectivity index (χ0) is 21.7. The van der Waals surface area contributed by atoms with Crippen molar-refractivity contribution in [3.63, 3.8) is 0 Å². The lowest BCUT2D eigenvalue weighted by Gasteiger charge is -2.38. The lowest BCUT2D eigenvalue weighted by molar-refractivity contribution is -0.154. The van der Waals surface area contributed by atoms with E-state index in [-0.39, 0.29) is 17.1 Å². The van der Waals surface area contributed by atoms with Crippen LogP contribution in [0, 0.1) is 0 Å². The molecule has 5 nitrogen and oxygen atoms in total. The molecule has 1 fully saturated rings. The quantitative estimate of drug-likeness (QED) is 0.408. The van der Waals surface area contributed by atoms with Crippen LogP contribution < -0.4 is 4.74 Å². The van der Waals surface area contributed by atoms with Crippen LogP contribution in [-0.4, -0.2) is 46.3 Å². The average Bonchev–Trinajstić information content (AvgIpc) is 3.06. The van der Waals surface area contributed by atoms with E-state index in [0.717, 1.165) is 30.6 Å². The minimum absolute atomic E-state index is 0.196. The molecule has 164 valence electrons. The van der Waals surface area contributed by atoms with Crippen LogP contribution in [0.5, 0.6) is 5.75 Å². The minimum Gasteiger partial charge on any atom is -0.490 e. The summed E-state index contributed by atoms with van der Waals surface area (Å²) in [5.41, 5.74) is 1.02. The Labute approximate surface area is 177 Å². The first kappa shape index (κ1) is 23.9. The van der Waals surface area contributed by atoms with Crippen molar-refractivity contribution in [2.45, 2.75) is 89.8 Å². The number of esters is 1. The van der Waals surface area contributed by atoms with E-state index in [4.69, 9.17) is 18.6 Å². The molecule has 0 saturated heterocycles. The van der Waals surface area contributed by atoms with Crippen LogP contribution in [0.25, 0.3) is 0 Å². The van der Waals surface area contributed by atoms with Crippen molar-refractivity contribution in [3.05, 3.63) is 29.8 Å². The Kier molecular flexibility index (Phi) is 8.32. The predicted molar refractivity (Wildman–Crippen MR) is 118 cm³/mol. The fourth-order valence-corrected chi connectivity index (χ4v) is 4.72. The molecule has 0 spiro atoms. The smallest absolute Gasteiger partial charge is 0.335 e. The molecule has 29 heavy (non-hydrogen) atoms. The lowest BCUT2D eigenvalue weighted by Crippen LogP contribution is -2.43. The van der Waals surface area contributed by atoms with Crippen molar-refractivity contribution in [3.8, 4) is 5.75 Å². The Balaban J connectivity index is 1.87. The summed E-state index contributed by atoms with van der Waals surface area (Å²) in [6.45, 7) is 13.6.